The predicted octanol–water partition coefficient (Wildman–Crippen LogP) is 3.89. The second kappa shape index (κ2) is 6.00. The first-order valence-electron chi connectivity index (χ1n) is 6.00. The van der Waals surface area contributed by atoms with Crippen molar-refractivity contribution in [1.82, 2.24) is 4.31 Å². The van der Waals surface area contributed by atoms with Gasteiger partial charge >= 0.3 is 0 Å². The number of hydrogen-bond acceptors (Lipinski definition) is 2. The van der Waals surface area contributed by atoms with E-state index < -0.39 is 15.6 Å². The molecule has 0 saturated heterocycles. The summed E-state index contributed by atoms with van der Waals surface area (Å²) in [5, 5.41) is 0.215. The van der Waals surface area contributed by atoms with E-state index >= 15 is 0 Å². The van der Waals surface area contributed by atoms with Crippen LogP contribution in [-0.2, 0) is 15.9 Å². The van der Waals surface area contributed by atoms with Crippen LogP contribution in [0.25, 0.3) is 0 Å². The quantitative estimate of drug-likeness (QED) is 0.771. The van der Waals surface area contributed by atoms with Crippen LogP contribution in [0.2, 0.25) is 5.02 Å². The van der Waals surface area contributed by atoms with E-state index in [9.17, 15) is 8.42 Å². The maximum Gasteiger partial charge on any atom is 0.244 e. The molecule has 0 bridgehead atoms. The minimum Gasteiger partial charge on any atom is -0.207 e. The third-order valence-electron chi connectivity index (χ3n) is 3.51. The van der Waals surface area contributed by atoms with Crippen LogP contribution in [0.15, 0.2) is 23.1 Å². The number of hydrogen-bond donors (Lipinski definition) is 0. The molecule has 108 valence electrons. The summed E-state index contributed by atoms with van der Waals surface area (Å²) in [6, 6.07) is 4.82. The lowest BCUT2D eigenvalue weighted by Crippen LogP contribution is -2.44. The average Bonchev–Trinajstić information content (AvgIpc) is 2.38. The van der Waals surface area contributed by atoms with Gasteiger partial charge in [0.2, 0.25) is 10.0 Å². The number of sulfonamides is 1. The molecule has 1 rings (SSSR count). The standard InChI is InChI=1S/C13H19Cl2NO2S/c1-5-13(2,3)16(4)19(17,18)12-8-10(9-14)6-7-11(12)15/h6-8H,5,9H2,1-4H3. The maximum atomic E-state index is 12.6. The first kappa shape index (κ1) is 16.8. The summed E-state index contributed by atoms with van der Waals surface area (Å²) in [6.07, 6.45) is 0.704. The Labute approximate surface area is 125 Å². The van der Waals surface area contributed by atoms with E-state index in [0.29, 0.717) is 6.42 Å². The molecule has 0 amide bonds. The highest BCUT2D eigenvalue weighted by Crippen LogP contribution is 2.30. The molecule has 0 aromatic heterocycles. The van der Waals surface area contributed by atoms with Crippen molar-refractivity contribution in [1.29, 1.82) is 0 Å². The smallest absolute Gasteiger partial charge is 0.207 e. The van der Waals surface area contributed by atoms with Gasteiger partial charge in [-0.15, -0.1) is 11.6 Å². The number of halogens is 2. The Morgan fingerprint density at radius 2 is 1.89 bits per heavy atom. The topological polar surface area (TPSA) is 37.4 Å². The molecule has 0 fully saturated rings. The van der Waals surface area contributed by atoms with E-state index in [0.717, 1.165) is 5.56 Å². The third kappa shape index (κ3) is 3.43. The normalized spacial score (nSPS) is 13.0. The van der Waals surface area contributed by atoms with Crippen molar-refractivity contribution in [2.75, 3.05) is 7.05 Å². The number of alkyl halides is 1. The molecule has 0 aliphatic heterocycles. The molecule has 19 heavy (non-hydrogen) atoms. The fraction of sp³-hybridized carbons (Fsp3) is 0.538. The highest BCUT2D eigenvalue weighted by atomic mass is 35.5. The van der Waals surface area contributed by atoms with Crippen LogP contribution in [0.3, 0.4) is 0 Å². The summed E-state index contributed by atoms with van der Waals surface area (Å²) >= 11 is 11.8. The number of benzene rings is 1. The van der Waals surface area contributed by atoms with Gasteiger partial charge in [0.05, 0.1) is 5.02 Å². The van der Waals surface area contributed by atoms with Crippen LogP contribution in [-0.4, -0.2) is 25.3 Å². The molecule has 6 heteroatoms. The SMILES string of the molecule is CCC(C)(C)N(C)S(=O)(=O)c1cc(CCl)ccc1Cl. The van der Waals surface area contributed by atoms with Gasteiger partial charge in [-0.25, -0.2) is 8.42 Å². The summed E-state index contributed by atoms with van der Waals surface area (Å²) < 4.78 is 26.6. The predicted molar refractivity (Wildman–Crippen MR) is 80.3 cm³/mol. The van der Waals surface area contributed by atoms with Gasteiger partial charge in [0, 0.05) is 18.5 Å². The largest absolute Gasteiger partial charge is 0.244 e. The second-order valence-electron chi connectivity index (χ2n) is 5.04. The molecular weight excluding hydrogens is 305 g/mol. The fourth-order valence-corrected chi connectivity index (χ4v) is 3.79. The fourth-order valence-electron chi connectivity index (χ4n) is 1.52. The molecule has 0 unspecified atom stereocenters. The Kier molecular flexibility index (Phi) is 5.29. The Morgan fingerprint density at radius 1 is 1.32 bits per heavy atom. The van der Waals surface area contributed by atoms with E-state index in [4.69, 9.17) is 23.2 Å². The molecule has 0 N–H and O–H groups in total. The zero-order valence-corrected chi connectivity index (χ0v) is 13.9. The van der Waals surface area contributed by atoms with E-state index in [-0.39, 0.29) is 15.8 Å². The van der Waals surface area contributed by atoms with Crippen molar-refractivity contribution >= 4 is 33.2 Å². The minimum atomic E-state index is -3.63. The van der Waals surface area contributed by atoms with Crippen LogP contribution in [0.4, 0.5) is 0 Å². The van der Waals surface area contributed by atoms with Crippen LogP contribution >= 0.6 is 23.2 Å². The van der Waals surface area contributed by atoms with Gasteiger partial charge < -0.3 is 0 Å². The average molecular weight is 324 g/mol. The monoisotopic (exact) mass is 323 g/mol. The Hall–Kier alpha value is -0.290. The highest BCUT2D eigenvalue weighted by Gasteiger charge is 2.33. The van der Waals surface area contributed by atoms with Gasteiger partial charge in [0.1, 0.15) is 4.90 Å². The molecule has 0 saturated carbocycles. The second-order valence-corrected chi connectivity index (χ2v) is 7.65. The first-order chi connectivity index (χ1) is 8.66. The van der Waals surface area contributed by atoms with Crippen LogP contribution in [0, 0.1) is 0 Å². The summed E-state index contributed by atoms with van der Waals surface area (Å²) in [4.78, 5) is 0.108. The molecule has 0 spiro atoms. The van der Waals surface area contributed by atoms with Gasteiger partial charge in [0.15, 0.2) is 0 Å². The van der Waals surface area contributed by atoms with Crippen LogP contribution < -0.4 is 0 Å². The molecule has 0 heterocycles. The highest BCUT2D eigenvalue weighted by molar-refractivity contribution is 7.89. The van der Waals surface area contributed by atoms with E-state index in [1.54, 1.807) is 19.2 Å². The zero-order chi connectivity index (χ0) is 14.8. The van der Waals surface area contributed by atoms with Gasteiger partial charge in [-0.2, -0.15) is 4.31 Å². The molecule has 0 radical (unpaired) electrons. The Morgan fingerprint density at radius 3 is 2.37 bits per heavy atom. The van der Waals surface area contributed by atoms with E-state index in [1.165, 1.54) is 10.4 Å². The van der Waals surface area contributed by atoms with Crippen molar-refractivity contribution in [2.24, 2.45) is 0 Å². The molecule has 1 aromatic rings. The Bertz CT molecular complexity index is 556. The van der Waals surface area contributed by atoms with E-state index in [1.807, 2.05) is 20.8 Å². The number of rotatable bonds is 5. The molecule has 0 atom stereocenters. The minimum absolute atomic E-state index is 0.108. The summed E-state index contributed by atoms with van der Waals surface area (Å²) in [7, 11) is -2.06. The van der Waals surface area contributed by atoms with Crippen molar-refractivity contribution in [3.05, 3.63) is 28.8 Å². The summed E-state index contributed by atoms with van der Waals surface area (Å²) in [6.45, 7) is 5.70. The third-order valence-corrected chi connectivity index (χ3v) is 6.37. The lowest BCUT2D eigenvalue weighted by Gasteiger charge is -2.34. The maximum absolute atomic E-state index is 12.6. The van der Waals surface area contributed by atoms with Crippen molar-refractivity contribution in [3.8, 4) is 0 Å². The lowest BCUT2D eigenvalue weighted by atomic mass is 10.0. The molecule has 0 aliphatic carbocycles. The van der Waals surface area contributed by atoms with Gasteiger partial charge in [0.25, 0.3) is 0 Å². The molecule has 1 aromatic carbocycles. The number of nitrogens with zero attached hydrogens (tertiary/aromatic N) is 1. The van der Waals surface area contributed by atoms with E-state index in [2.05, 4.69) is 0 Å². The zero-order valence-electron chi connectivity index (χ0n) is 11.6. The summed E-state index contributed by atoms with van der Waals surface area (Å²) in [5.74, 6) is 0.251. The molecular formula is C13H19Cl2NO2S. The molecule has 0 aliphatic rings. The van der Waals surface area contributed by atoms with Gasteiger partial charge in [-0.3, -0.25) is 0 Å². The lowest BCUT2D eigenvalue weighted by molar-refractivity contribution is 0.257. The van der Waals surface area contributed by atoms with Crippen molar-refractivity contribution in [2.45, 2.75) is 43.5 Å². The van der Waals surface area contributed by atoms with Crippen LogP contribution in [0.1, 0.15) is 32.8 Å². The summed E-state index contributed by atoms with van der Waals surface area (Å²) in [5.41, 5.74) is 0.256. The molecule has 3 nitrogen and oxygen atoms in total. The van der Waals surface area contributed by atoms with Gasteiger partial charge in [-0.05, 0) is 38.0 Å². The van der Waals surface area contributed by atoms with Crippen molar-refractivity contribution in [3.63, 3.8) is 0 Å². The Balaban J connectivity index is 3.35. The van der Waals surface area contributed by atoms with Crippen molar-refractivity contribution < 1.29 is 8.42 Å². The van der Waals surface area contributed by atoms with Crippen LogP contribution in [0.5, 0.6) is 0 Å². The van der Waals surface area contributed by atoms with Gasteiger partial charge in [-0.1, -0.05) is 24.6 Å². The first-order valence-corrected chi connectivity index (χ1v) is 8.35.